The van der Waals surface area contributed by atoms with Crippen molar-refractivity contribution in [3.8, 4) is 0 Å². The SMILES string of the molecule is CCO[Si](OCC)(OCC)OC(C)=O.[LiH]. The summed E-state index contributed by atoms with van der Waals surface area (Å²) in [5, 5.41) is 0. The zero-order chi connectivity index (χ0) is 11.0. The number of carbonyl (C=O) groups excluding carboxylic acids is 1. The maximum atomic E-state index is 10.9. The molecule has 0 rings (SSSR count). The molecule has 0 radical (unpaired) electrons. The molecule has 0 aliphatic heterocycles. The van der Waals surface area contributed by atoms with Gasteiger partial charge in [-0.2, -0.15) is 0 Å². The van der Waals surface area contributed by atoms with Crippen LogP contribution in [0.5, 0.6) is 0 Å². The fraction of sp³-hybridized carbons (Fsp3) is 0.875. The minimum atomic E-state index is -3.21. The molecule has 0 unspecified atom stereocenters. The second-order valence-corrected chi connectivity index (χ2v) is 4.46. The molecule has 0 bridgehead atoms. The van der Waals surface area contributed by atoms with Crippen LogP contribution in [0, 0.1) is 0 Å². The third-order valence-electron chi connectivity index (χ3n) is 1.23. The van der Waals surface area contributed by atoms with E-state index in [1.54, 1.807) is 20.8 Å². The summed E-state index contributed by atoms with van der Waals surface area (Å²) in [5.41, 5.74) is 0. The zero-order valence-electron chi connectivity index (χ0n) is 9.16. The van der Waals surface area contributed by atoms with Gasteiger partial charge in [-0.05, 0) is 20.8 Å². The van der Waals surface area contributed by atoms with E-state index in [4.69, 9.17) is 17.7 Å². The van der Waals surface area contributed by atoms with E-state index in [1.807, 2.05) is 0 Å². The maximum absolute atomic E-state index is 10.9. The molecule has 0 saturated carbocycles. The third kappa shape index (κ3) is 7.11. The molecule has 0 amide bonds. The van der Waals surface area contributed by atoms with Gasteiger partial charge in [0.25, 0.3) is 5.97 Å². The Hall–Kier alpha value is 0.164. The monoisotopic (exact) mass is 230 g/mol. The molecule has 86 valence electrons. The van der Waals surface area contributed by atoms with Crippen molar-refractivity contribution in [2.75, 3.05) is 19.8 Å². The molecule has 7 heteroatoms. The topological polar surface area (TPSA) is 54.0 Å². The number of carbonyl (C=O) groups is 1. The molecule has 0 saturated heterocycles. The first kappa shape index (κ1) is 17.6. The van der Waals surface area contributed by atoms with Crippen molar-refractivity contribution in [2.24, 2.45) is 0 Å². The van der Waals surface area contributed by atoms with Gasteiger partial charge in [0.1, 0.15) is 0 Å². The van der Waals surface area contributed by atoms with Gasteiger partial charge in [0.05, 0.1) is 0 Å². The van der Waals surface area contributed by atoms with Crippen molar-refractivity contribution in [3.05, 3.63) is 0 Å². The fourth-order valence-corrected chi connectivity index (χ4v) is 2.76. The quantitative estimate of drug-likeness (QED) is 0.594. The number of hydrogen-bond donors (Lipinski definition) is 0. The van der Waals surface area contributed by atoms with E-state index < -0.39 is 15.0 Å². The Labute approximate surface area is 104 Å². The molecule has 0 spiro atoms. The van der Waals surface area contributed by atoms with Crippen molar-refractivity contribution in [2.45, 2.75) is 27.7 Å². The first-order valence-corrected chi connectivity index (χ1v) is 6.35. The summed E-state index contributed by atoms with van der Waals surface area (Å²) in [6.45, 7) is 7.85. The average Bonchev–Trinajstić information content (AvgIpc) is 2.03. The standard InChI is InChI=1S/C8H18O5Si.Li.H/c1-5-10-14(11-6-2,12-7-3)13-8(4)9;;/h5-7H2,1-4H3;;. The molecule has 0 atom stereocenters. The van der Waals surface area contributed by atoms with Crippen LogP contribution in [0.1, 0.15) is 27.7 Å². The Morgan fingerprint density at radius 1 is 1.00 bits per heavy atom. The Kier molecular flexibility index (Phi) is 11.0. The van der Waals surface area contributed by atoms with Gasteiger partial charge in [-0.3, -0.25) is 4.79 Å². The molecule has 0 fully saturated rings. The molecular formula is C8H19LiO5Si. The first-order chi connectivity index (χ1) is 6.60. The predicted octanol–water partition coefficient (Wildman–Crippen LogP) is 0.446. The van der Waals surface area contributed by atoms with Crippen LogP contribution >= 0.6 is 0 Å². The van der Waals surface area contributed by atoms with Crippen molar-refractivity contribution in [3.63, 3.8) is 0 Å². The summed E-state index contributed by atoms with van der Waals surface area (Å²) in [7, 11) is -3.21. The molecule has 5 nitrogen and oxygen atoms in total. The molecule has 0 aliphatic carbocycles. The Morgan fingerprint density at radius 3 is 1.53 bits per heavy atom. The van der Waals surface area contributed by atoms with E-state index in [0.717, 1.165) is 0 Å². The van der Waals surface area contributed by atoms with Crippen molar-refractivity contribution in [1.29, 1.82) is 0 Å². The summed E-state index contributed by atoms with van der Waals surface area (Å²) in [5.74, 6) is -0.452. The van der Waals surface area contributed by atoms with E-state index in [-0.39, 0.29) is 18.9 Å². The normalized spacial score (nSPS) is 10.7. The van der Waals surface area contributed by atoms with Crippen LogP contribution in [0.15, 0.2) is 0 Å². The van der Waals surface area contributed by atoms with Gasteiger partial charge in [-0.25, -0.2) is 0 Å². The van der Waals surface area contributed by atoms with Gasteiger partial charge in [-0.1, -0.05) is 0 Å². The Morgan fingerprint density at radius 2 is 1.33 bits per heavy atom. The van der Waals surface area contributed by atoms with E-state index in [0.29, 0.717) is 19.8 Å². The first-order valence-electron chi connectivity index (χ1n) is 4.71. The summed E-state index contributed by atoms with van der Waals surface area (Å²) in [4.78, 5) is 10.9. The summed E-state index contributed by atoms with van der Waals surface area (Å²) < 4.78 is 20.8. The van der Waals surface area contributed by atoms with E-state index in [1.165, 1.54) is 6.92 Å². The van der Waals surface area contributed by atoms with Crippen LogP contribution in [-0.2, 0) is 22.5 Å². The number of rotatable bonds is 7. The molecule has 0 aromatic heterocycles. The van der Waals surface area contributed by atoms with Crippen LogP contribution in [0.25, 0.3) is 0 Å². The van der Waals surface area contributed by atoms with Crippen LogP contribution in [0.3, 0.4) is 0 Å². The van der Waals surface area contributed by atoms with Crippen LogP contribution in [0.2, 0.25) is 0 Å². The molecular weight excluding hydrogens is 211 g/mol. The van der Waals surface area contributed by atoms with Crippen LogP contribution in [-0.4, -0.2) is 53.7 Å². The Bertz CT molecular complexity index is 161. The molecule has 0 aromatic rings. The summed E-state index contributed by atoms with van der Waals surface area (Å²) in [6, 6.07) is 0. The van der Waals surface area contributed by atoms with Gasteiger partial charge < -0.3 is 17.7 Å². The zero-order valence-corrected chi connectivity index (χ0v) is 10.2. The summed E-state index contributed by atoms with van der Waals surface area (Å²) >= 11 is 0. The predicted molar refractivity (Wildman–Crippen MR) is 59.5 cm³/mol. The molecule has 0 N–H and O–H groups in total. The van der Waals surface area contributed by atoms with Crippen molar-refractivity contribution in [1.82, 2.24) is 0 Å². The average molecular weight is 230 g/mol. The molecule has 0 aromatic carbocycles. The van der Waals surface area contributed by atoms with Gasteiger partial charge in [-0.15, -0.1) is 0 Å². The van der Waals surface area contributed by atoms with Gasteiger partial charge >= 0.3 is 27.9 Å². The minimum absolute atomic E-state index is 0. The van der Waals surface area contributed by atoms with E-state index in [9.17, 15) is 4.79 Å². The van der Waals surface area contributed by atoms with Gasteiger partial charge in [0.15, 0.2) is 0 Å². The second-order valence-electron chi connectivity index (χ2n) is 2.39. The fourth-order valence-electron chi connectivity index (χ4n) is 0.920. The van der Waals surface area contributed by atoms with Crippen LogP contribution < -0.4 is 0 Å². The molecule has 0 aliphatic rings. The Balaban J connectivity index is 0. The third-order valence-corrected chi connectivity index (χ3v) is 3.70. The molecule has 0 heterocycles. The van der Waals surface area contributed by atoms with Crippen molar-refractivity contribution >= 4 is 33.9 Å². The van der Waals surface area contributed by atoms with Gasteiger partial charge in [0.2, 0.25) is 0 Å². The summed E-state index contributed by atoms with van der Waals surface area (Å²) in [6.07, 6.45) is 0. The van der Waals surface area contributed by atoms with E-state index in [2.05, 4.69) is 0 Å². The van der Waals surface area contributed by atoms with Gasteiger partial charge in [0, 0.05) is 26.7 Å². The number of hydrogen-bond acceptors (Lipinski definition) is 5. The second kappa shape index (κ2) is 9.39. The van der Waals surface area contributed by atoms with Crippen molar-refractivity contribution < 1.29 is 22.5 Å². The van der Waals surface area contributed by atoms with E-state index >= 15 is 0 Å². The van der Waals surface area contributed by atoms with Crippen LogP contribution in [0.4, 0.5) is 0 Å². The molecule has 15 heavy (non-hydrogen) atoms.